The Morgan fingerprint density at radius 3 is 2.52 bits per heavy atom. The van der Waals surface area contributed by atoms with Gasteiger partial charge in [-0.05, 0) is 52.7 Å². The summed E-state index contributed by atoms with van der Waals surface area (Å²) in [7, 11) is -3.56. The number of thiophene rings is 1. The Bertz CT molecular complexity index is 960. The number of rotatable bonds is 4. The zero-order chi connectivity index (χ0) is 16.4. The number of fused-ring (bicyclic) bond motifs is 1. The number of carbonyl (C=O) groups is 1. The fourth-order valence-corrected chi connectivity index (χ4v) is 3.66. The van der Waals surface area contributed by atoms with Crippen LogP contribution in [0, 0.1) is 0 Å². The molecule has 0 spiro atoms. The molecule has 1 heterocycles. The Morgan fingerprint density at radius 1 is 1.09 bits per heavy atom. The lowest BCUT2D eigenvalue weighted by Gasteiger charge is -2.06. The minimum atomic E-state index is -3.56. The molecule has 0 aliphatic heterocycles. The van der Waals surface area contributed by atoms with Crippen molar-refractivity contribution in [3.05, 3.63) is 65.0 Å². The summed E-state index contributed by atoms with van der Waals surface area (Å²) in [5.74, 6) is -0.437. The van der Waals surface area contributed by atoms with E-state index in [1.165, 1.54) is 0 Å². The molecular formula is C16H14N2O3S2. The lowest BCUT2D eigenvalue weighted by Crippen LogP contribution is -2.14. The zero-order valence-corrected chi connectivity index (χ0v) is 13.7. The van der Waals surface area contributed by atoms with E-state index in [2.05, 4.69) is 5.32 Å². The minimum Gasteiger partial charge on any atom is -0.322 e. The van der Waals surface area contributed by atoms with Crippen molar-refractivity contribution >= 4 is 43.0 Å². The molecule has 0 bridgehead atoms. The van der Waals surface area contributed by atoms with Crippen LogP contribution in [0.5, 0.6) is 0 Å². The summed E-state index contributed by atoms with van der Waals surface area (Å²) in [5.41, 5.74) is 1.74. The molecule has 3 aromatic rings. The van der Waals surface area contributed by atoms with E-state index >= 15 is 0 Å². The molecule has 0 atom stereocenters. The van der Waals surface area contributed by atoms with Crippen LogP contribution in [0.4, 0.5) is 5.69 Å². The maximum atomic E-state index is 12.3. The predicted molar refractivity (Wildman–Crippen MR) is 93.0 cm³/mol. The molecule has 0 radical (unpaired) electrons. The van der Waals surface area contributed by atoms with Crippen molar-refractivity contribution in [1.29, 1.82) is 0 Å². The van der Waals surface area contributed by atoms with Crippen molar-refractivity contribution in [3.63, 3.8) is 0 Å². The molecule has 0 aliphatic carbocycles. The van der Waals surface area contributed by atoms with Crippen LogP contribution in [0.1, 0.15) is 15.9 Å². The van der Waals surface area contributed by atoms with Crippen molar-refractivity contribution in [1.82, 2.24) is 0 Å². The van der Waals surface area contributed by atoms with Gasteiger partial charge in [0.25, 0.3) is 5.91 Å². The van der Waals surface area contributed by atoms with E-state index in [9.17, 15) is 13.2 Å². The average Bonchev–Trinajstić information content (AvgIpc) is 2.95. The molecule has 0 aliphatic rings. The number of nitrogens with two attached hydrogens (primary N) is 1. The van der Waals surface area contributed by atoms with E-state index in [1.54, 1.807) is 41.7 Å². The van der Waals surface area contributed by atoms with Gasteiger partial charge in [0.05, 0.1) is 5.75 Å². The summed E-state index contributed by atoms with van der Waals surface area (Å²) in [4.78, 5) is 12.3. The van der Waals surface area contributed by atoms with Gasteiger partial charge in [-0.3, -0.25) is 4.79 Å². The minimum absolute atomic E-state index is 0.211. The Hall–Kier alpha value is -2.22. The van der Waals surface area contributed by atoms with Crippen molar-refractivity contribution in [3.8, 4) is 0 Å². The molecule has 0 fully saturated rings. The Morgan fingerprint density at radius 2 is 1.83 bits per heavy atom. The van der Waals surface area contributed by atoms with Crippen molar-refractivity contribution in [2.45, 2.75) is 5.75 Å². The first kappa shape index (κ1) is 15.7. The zero-order valence-electron chi connectivity index (χ0n) is 12.0. The molecule has 2 aromatic carbocycles. The van der Waals surface area contributed by atoms with E-state index < -0.39 is 10.0 Å². The second-order valence-electron chi connectivity index (χ2n) is 5.13. The van der Waals surface area contributed by atoms with Crippen LogP contribution >= 0.6 is 11.3 Å². The van der Waals surface area contributed by atoms with E-state index in [0.717, 1.165) is 10.1 Å². The second-order valence-corrected chi connectivity index (χ2v) is 7.69. The maximum Gasteiger partial charge on any atom is 0.255 e. The number of benzene rings is 2. The fourth-order valence-electron chi connectivity index (χ4n) is 2.23. The van der Waals surface area contributed by atoms with Gasteiger partial charge in [0.15, 0.2) is 0 Å². The van der Waals surface area contributed by atoms with Gasteiger partial charge >= 0.3 is 0 Å². The van der Waals surface area contributed by atoms with Crippen LogP contribution in [0.2, 0.25) is 0 Å². The lowest BCUT2D eigenvalue weighted by atomic mass is 10.1. The van der Waals surface area contributed by atoms with Gasteiger partial charge < -0.3 is 5.32 Å². The molecule has 3 N–H and O–H groups in total. The number of nitrogens with one attached hydrogen (secondary N) is 1. The van der Waals surface area contributed by atoms with Gasteiger partial charge in [-0.1, -0.05) is 12.1 Å². The molecule has 118 valence electrons. The quantitative estimate of drug-likeness (QED) is 0.761. The largest absolute Gasteiger partial charge is 0.322 e. The van der Waals surface area contributed by atoms with Crippen LogP contribution in [0.3, 0.4) is 0 Å². The fraction of sp³-hybridized carbons (Fsp3) is 0.0625. The van der Waals surface area contributed by atoms with Gasteiger partial charge in [-0.2, -0.15) is 0 Å². The molecule has 23 heavy (non-hydrogen) atoms. The molecule has 7 heteroatoms. The second kappa shape index (κ2) is 6.11. The van der Waals surface area contributed by atoms with E-state index in [-0.39, 0.29) is 11.7 Å². The van der Waals surface area contributed by atoms with Crippen LogP contribution < -0.4 is 10.5 Å². The SMILES string of the molecule is NS(=O)(=O)Cc1ccc(NC(=O)c2ccc3sccc3c2)cc1. The molecule has 1 amide bonds. The molecule has 1 aromatic heterocycles. The molecule has 0 unspecified atom stereocenters. The third kappa shape index (κ3) is 3.95. The van der Waals surface area contributed by atoms with Gasteiger partial charge in [0.1, 0.15) is 0 Å². The maximum absolute atomic E-state index is 12.3. The first-order valence-electron chi connectivity index (χ1n) is 6.79. The van der Waals surface area contributed by atoms with Crippen LogP contribution in [-0.4, -0.2) is 14.3 Å². The van der Waals surface area contributed by atoms with Crippen LogP contribution in [0.15, 0.2) is 53.9 Å². The van der Waals surface area contributed by atoms with E-state index in [1.807, 2.05) is 23.6 Å². The highest BCUT2D eigenvalue weighted by Gasteiger charge is 2.09. The van der Waals surface area contributed by atoms with Crippen molar-refractivity contribution in [2.75, 3.05) is 5.32 Å². The average molecular weight is 346 g/mol. The van der Waals surface area contributed by atoms with Crippen LogP contribution in [0.25, 0.3) is 10.1 Å². The Labute approximate surface area is 137 Å². The third-order valence-electron chi connectivity index (χ3n) is 3.29. The summed E-state index contributed by atoms with van der Waals surface area (Å²) in [6, 6.07) is 14.1. The smallest absolute Gasteiger partial charge is 0.255 e. The topological polar surface area (TPSA) is 89.3 Å². The monoisotopic (exact) mass is 346 g/mol. The number of primary sulfonamides is 1. The highest BCUT2D eigenvalue weighted by molar-refractivity contribution is 7.88. The first-order valence-corrected chi connectivity index (χ1v) is 9.38. The van der Waals surface area contributed by atoms with Crippen LogP contribution in [-0.2, 0) is 15.8 Å². The number of amides is 1. The predicted octanol–water partition coefficient (Wildman–Crippen LogP) is 2.94. The summed E-state index contributed by atoms with van der Waals surface area (Å²) < 4.78 is 23.2. The summed E-state index contributed by atoms with van der Waals surface area (Å²) in [6.07, 6.45) is 0. The highest BCUT2D eigenvalue weighted by atomic mass is 32.2. The summed E-state index contributed by atoms with van der Waals surface area (Å²) in [5, 5.41) is 10.8. The lowest BCUT2D eigenvalue weighted by molar-refractivity contribution is 0.102. The number of sulfonamides is 1. The van der Waals surface area contributed by atoms with Crippen molar-refractivity contribution < 1.29 is 13.2 Å². The third-order valence-corrected chi connectivity index (χ3v) is 4.93. The normalized spacial score (nSPS) is 11.5. The number of hydrogen-bond donors (Lipinski definition) is 2. The molecule has 5 nitrogen and oxygen atoms in total. The summed E-state index contributed by atoms with van der Waals surface area (Å²) in [6.45, 7) is 0. The van der Waals surface area contributed by atoms with E-state index in [0.29, 0.717) is 16.8 Å². The Balaban J connectivity index is 1.74. The molecule has 0 saturated heterocycles. The number of carbonyl (C=O) groups excluding carboxylic acids is 1. The first-order chi connectivity index (χ1) is 10.9. The van der Waals surface area contributed by atoms with Gasteiger partial charge in [0, 0.05) is 16.0 Å². The van der Waals surface area contributed by atoms with Gasteiger partial charge in [0.2, 0.25) is 10.0 Å². The molecule has 3 rings (SSSR count). The molecular weight excluding hydrogens is 332 g/mol. The molecule has 0 saturated carbocycles. The number of hydrogen-bond acceptors (Lipinski definition) is 4. The van der Waals surface area contributed by atoms with Gasteiger partial charge in [-0.25, -0.2) is 13.6 Å². The Kier molecular flexibility index (Phi) is 4.16. The summed E-state index contributed by atoms with van der Waals surface area (Å²) >= 11 is 1.63. The highest BCUT2D eigenvalue weighted by Crippen LogP contribution is 2.22. The standard InChI is InChI=1S/C16H14N2O3S2/c17-23(20,21)10-11-1-4-14(5-2-11)18-16(19)13-3-6-15-12(9-13)7-8-22-15/h1-9H,10H2,(H,18,19)(H2,17,20,21). The number of anilines is 1. The van der Waals surface area contributed by atoms with Gasteiger partial charge in [-0.15, -0.1) is 11.3 Å². The van der Waals surface area contributed by atoms with E-state index in [4.69, 9.17) is 5.14 Å². The van der Waals surface area contributed by atoms with Crippen molar-refractivity contribution in [2.24, 2.45) is 5.14 Å².